The summed E-state index contributed by atoms with van der Waals surface area (Å²) >= 11 is 0. The van der Waals surface area contributed by atoms with Crippen molar-refractivity contribution >= 4 is 0 Å². The van der Waals surface area contributed by atoms with Gasteiger partial charge in [-0.2, -0.15) is 0 Å². The largest absolute Gasteiger partial charge is 0.328 e. The summed E-state index contributed by atoms with van der Waals surface area (Å²) < 4.78 is 0. The molecule has 0 amide bonds. The van der Waals surface area contributed by atoms with Gasteiger partial charge in [-0.1, -0.05) is 39.5 Å². The lowest BCUT2D eigenvalue weighted by Crippen LogP contribution is -2.24. The first kappa shape index (κ1) is 15.0. The second-order valence-corrected chi connectivity index (χ2v) is 6.24. The molecular formula is C15H32N2. The first-order valence-corrected chi connectivity index (χ1v) is 7.64. The van der Waals surface area contributed by atoms with Gasteiger partial charge in [-0.25, -0.2) is 0 Å². The molecule has 0 spiro atoms. The Morgan fingerprint density at radius 2 is 1.88 bits per heavy atom. The van der Waals surface area contributed by atoms with Crippen molar-refractivity contribution in [3.63, 3.8) is 0 Å². The van der Waals surface area contributed by atoms with Crippen molar-refractivity contribution in [2.75, 3.05) is 13.1 Å². The zero-order valence-electron chi connectivity index (χ0n) is 11.9. The van der Waals surface area contributed by atoms with E-state index in [4.69, 9.17) is 5.73 Å². The van der Waals surface area contributed by atoms with E-state index in [-0.39, 0.29) is 0 Å². The number of nitrogens with one attached hydrogen (secondary N) is 1. The molecule has 2 heteroatoms. The predicted molar refractivity (Wildman–Crippen MR) is 76.1 cm³/mol. The minimum Gasteiger partial charge on any atom is -0.328 e. The van der Waals surface area contributed by atoms with E-state index >= 15 is 0 Å². The molecule has 0 aromatic carbocycles. The van der Waals surface area contributed by atoms with E-state index in [0.717, 1.165) is 11.8 Å². The Bertz CT molecular complexity index is 180. The third kappa shape index (κ3) is 7.77. The van der Waals surface area contributed by atoms with Crippen LogP contribution in [0.25, 0.3) is 0 Å². The number of hydrogen-bond acceptors (Lipinski definition) is 2. The van der Waals surface area contributed by atoms with Gasteiger partial charge in [0.25, 0.3) is 0 Å². The van der Waals surface area contributed by atoms with Crippen LogP contribution in [0, 0.1) is 11.8 Å². The number of rotatable bonds is 9. The Labute approximate surface area is 108 Å². The van der Waals surface area contributed by atoms with E-state index in [1.54, 1.807) is 0 Å². The van der Waals surface area contributed by atoms with Crippen LogP contribution in [0.1, 0.15) is 65.2 Å². The lowest BCUT2D eigenvalue weighted by atomic mass is 10.0. The Morgan fingerprint density at radius 3 is 2.53 bits per heavy atom. The minimum atomic E-state index is 0.484. The predicted octanol–water partition coefficient (Wildman–Crippen LogP) is 3.31. The summed E-state index contributed by atoms with van der Waals surface area (Å²) in [6.45, 7) is 7.02. The van der Waals surface area contributed by atoms with E-state index in [9.17, 15) is 0 Å². The van der Waals surface area contributed by atoms with Gasteiger partial charge in [0, 0.05) is 6.04 Å². The van der Waals surface area contributed by atoms with Gasteiger partial charge in [-0.3, -0.25) is 0 Å². The highest BCUT2D eigenvalue weighted by atomic mass is 14.9. The van der Waals surface area contributed by atoms with Crippen LogP contribution < -0.4 is 11.1 Å². The third-order valence-electron chi connectivity index (χ3n) is 3.90. The Balaban J connectivity index is 1.78. The summed E-state index contributed by atoms with van der Waals surface area (Å²) in [4.78, 5) is 0. The van der Waals surface area contributed by atoms with Gasteiger partial charge in [0.05, 0.1) is 0 Å². The quantitative estimate of drug-likeness (QED) is 0.607. The lowest BCUT2D eigenvalue weighted by Gasteiger charge is -2.11. The highest BCUT2D eigenvalue weighted by Crippen LogP contribution is 2.23. The van der Waals surface area contributed by atoms with Crippen LogP contribution in [0.15, 0.2) is 0 Å². The van der Waals surface area contributed by atoms with Gasteiger partial charge in [0.2, 0.25) is 0 Å². The summed E-state index contributed by atoms with van der Waals surface area (Å²) in [6, 6.07) is 0.484. The first-order chi connectivity index (χ1) is 8.18. The monoisotopic (exact) mass is 240 g/mol. The molecule has 1 aliphatic carbocycles. The SMILES string of the molecule is CC(C)CCCCCCNCC1CCC(N)C1. The average Bonchev–Trinajstić information content (AvgIpc) is 2.68. The van der Waals surface area contributed by atoms with Crippen LogP contribution in [0.3, 0.4) is 0 Å². The summed E-state index contributed by atoms with van der Waals surface area (Å²) in [5, 5.41) is 3.59. The second-order valence-electron chi connectivity index (χ2n) is 6.24. The molecule has 2 atom stereocenters. The molecule has 0 aromatic heterocycles. The van der Waals surface area contributed by atoms with Gasteiger partial charge in [0.1, 0.15) is 0 Å². The van der Waals surface area contributed by atoms with Crippen molar-refractivity contribution in [3.8, 4) is 0 Å². The van der Waals surface area contributed by atoms with E-state index in [1.807, 2.05) is 0 Å². The zero-order valence-corrected chi connectivity index (χ0v) is 11.9. The second kappa shape index (κ2) is 8.93. The van der Waals surface area contributed by atoms with Crippen molar-refractivity contribution in [2.45, 2.75) is 71.3 Å². The molecule has 0 heterocycles. The molecule has 0 aliphatic heterocycles. The topological polar surface area (TPSA) is 38.0 Å². The van der Waals surface area contributed by atoms with Gasteiger partial charge < -0.3 is 11.1 Å². The van der Waals surface area contributed by atoms with Crippen molar-refractivity contribution in [1.29, 1.82) is 0 Å². The van der Waals surface area contributed by atoms with E-state index in [2.05, 4.69) is 19.2 Å². The van der Waals surface area contributed by atoms with Crippen LogP contribution in [-0.2, 0) is 0 Å². The standard InChI is InChI=1S/C15H32N2/c1-13(2)7-5-3-4-6-10-17-12-14-8-9-15(16)11-14/h13-15,17H,3-12,16H2,1-2H3. The molecule has 1 fully saturated rings. The van der Waals surface area contributed by atoms with Crippen LogP contribution in [0.2, 0.25) is 0 Å². The Hall–Kier alpha value is -0.0800. The number of nitrogens with two attached hydrogens (primary N) is 1. The Morgan fingerprint density at radius 1 is 1.12 bits per heavy atom. The summed E-state index contributed by atoms with van der Waals surface area (Å²) in [5.74, 6) is 1.73. The molecule has 3 N–H and O–H groups in total. The average molecular weight is 240 g/mol. The maximum Gasteiger partial charge on any atom is 0.00420 e. The zero-order chi connectivity index (χ0) is 12.5. The molecule has 2 unspecified atom stereocenters. The Kier molecular flexibility index (Phi) is 7.87. The van der Waals surface area contributed by atoms with Crippen LogP contribution >= 0.6 is 0 Å². The smallest absolute Gasteiger partial charge is 0.00420 e. The summed E-state index contributed by atoms with van der Waals surface area (Å²) in [7, 11) is 0. The van der Waals surface area contributed by atoms with Gasteiger partial charge in [-0.15, -0.1) is 0 Å². The van der Waals surface area contributed by atoms with Crippen LogP contribution in [-0.4, -0.2) is 19.1 Å². The number of unbranched alkanes of at least 4 members (excludes halogenated alkanes) is 3. The van der Waals surface area contributed by atoms with Crippen molar-refractivity contribution in [1.82, 2.24) is 5.32 Å². The fourth-order valence-electron chi connectivity index (χ4n) is 2.76. The summed E-state index contributed by atoms with van der Waals surface area (Å²) in [5.41, 5.74) is 5.91. The van der Waals surface area contributed by atoms with Crippen LogP contribution in [0.5, 0.6) is 0 Å². The number of hydrogen-bond donors (Lipinski definition) is 2. The summed E-state index contributed by atoms with van der Waals surface area (Å²) in [6.07, 6.45) is 10.8. The van der Waals surface area contributed by atoms with Crippen molar-refractivity contribution < 1.29 is 0 Å². The normalized spacial score (nSPS) is 24.7. The van der Waals surface area contributed by atoms with Crippen LogP contribution in [0.4, 0.5) is 0 Å². The van der Waals surface area contributed by atoms with Gasteiger partial charge in [0.15, 0.2) is 0 Å². The molecule has 2 nitrogen and oxygen atoms in total. The van der Waals surface area contributed by atoms with E-state index < -0.39 is 0 Å². The fourth-order valence-corrected chi connectivity index (χ4v) is 2.76. The molecule has 0 radical (unpaired) electrons. The molecule has 1 aliphatic rings. The molecular weight excluding hydrogens is 208 g/mol. The molecule has 0 aromatic rings. The highest BCUT2D eigenvalue weighted by molar-refractivity contribution is 4.78. The maximum absolute atomic E-state index is 5.91. The fraction of sp³-hybridized carbons (Fsp3) is 1.00. The molecule has 0 bridgehead atoms. The van der Waals surface area contributed by atoms with Crippen molar-refractivity contribution in [2.24, 2.45) is 17.6 Å². The van der Waals surface area contributed by atoms with E-state index in [1.165, 1.54) is 64.5 Å². The third-order valence-corrected chi connectivity index (χ3v) is 3.90. The van der Waals surface area contributed by atoms with Crippen molar-refractivity contribution in [3.05, 3.63) is 0 Å². The first-order valence-electron chi connectivity index (χ1n) is 7.64. The highest BCUT2D eigenvalue weighted by Gasteiger charge is 2.20. The maximum atomic E-state index is 5.91. The molecule has 102 valence electrons. The van der Waals surface area contributed by atoms with E-state index in [0.29, 0.717) is 6.04 Å². The van der Waals surface area contributed by atoms with Gasteiger partial charge >= 0.3 is 0 Å². The molecule has 0 saturated heterocycles. The molecule has 1 saturated carbocycles. The molecule has 1 rings (SSSR count). The molecule has 17 heavy (non-hydrogen) atoms. The lowest BCUT2D eigenvalue weighted by molar-refractivity contribution is 0.467. The van der Waals surface area contributed by atoms with Gasteiger partial charge in [-0.05, 0) is 50.6 Å². The minimum absolute atomic E-state index is 0.484.